The van der Waals surface area contributed by atoms with Gasteiger partial charge in [-0.2, -0.15) is 0 Å². The second-order valence-corrected chi connectivity index (χ2v) is 20.6. The molecule has 8 aromatic rings. The van der Waals surface area contributed by atoms with Crippen LogP contribution in [0.3, 0.4) is 0 Å². The van der Waals surface area contributed by atoms with Gasteiger partial charge in [0.05, 0.1) is 35.1 Å². The standard InChI is InChI=1S/C58H47FO9S3/c59-43-25-23-35(24-26-43)27-46(60)48-29-41(56(69-48)38-17-8-3-9-18-38)33-52(63)67-44-20-12-19-39(28-44)57-42(31-49(70-57)54(65)36-13-4-1-5-14-36)34-53(64)68-47-22-11-10-21-45(47)58-40(32-51(61)62)30-50(71-58)55(66)37-15-6-2-7-16-37/h1,3-5,8-14,17-26,28-31,37,46,60H,2,6-7,15-16,27,32-34H2,(H,61,62). The zero-order chi connectivity index (χ0) is 49.4. The second kappa shape index (κ2) is 22.3. The van der Waals surface area contributed by atoms with Crippen molar-refractivity contribution >= 4 is 63.5 Å². The maximum atomic E-state index is 14.1. The first kappa shape index (κ1) is 48.8. The molecule has 1 atom stereocenters. The SMILES string of the molecule is O=C(O)Cc1cc(C(=O)C2CCCCC2)sc1-c1ccccc1OC(=O)Cc1cc(C(=O)c2ccccc2)sc1-c1cccc(OC(=O)Cc2cc(C(O)Cc3ccc(F)cc3)sc2-c2ccccc2)c1. The fourth-order valence-electron chi connectivity index (χ4n) is 8.89. The molecule has 71 heavy (non-hydrogen) atoms. The van der Waals surface area contributed by atoms with Crippen molar-refractivity contribution in [2.45, 2.75) is 63.9 Å². The molecule has 1 unspecified atom stereocenters. The Bertz CT molecular complexity index is 3220. The number of thiophene rings is 3. The van der Waals surface area contributed by atoms with E-state index in [0.29, 0.717) is 57.8 Å². The number of halogens is 1. The summed E-state index contributed by atoms with van der Waals surface area (Å²) in [6, 6.07) is 43.2. The molecule has 3 heterocycles. The molecule has 1 fully saturated rings. The van der Waals surface area contributed by atoms with Gasteiger partial charge >= 0.3 is 17.9 Å². The number of para-hydroxylation sites is 1. The lowest BCUT2D eigenvalue weighted by Gasteiger charge is -2.19. The minimum Gasteiger partial charge on any atom is -0.481 e. The van der Waals surface area contributed by atoms with Crippen molar-refractivity contribution in [3.05, 3.63) is 200 Å². The zero-order valence-electron chi connectivity index (χ0n) is 38.3. The number of aliphatic hydroxyl groups is 1. The smallest absolute Gasteiger partial charge is 0.315 e. The van der Waals surface area contributed by atoms with E-state index >= 15 is 0 Å². The van der Waals surface area contributed by atoms with E-state index in [4.69, 9.17) is 9.47 Å². The number of Topliss-reactive ketones (excluding diaryl/α,β-unsaturated/α-hetero) is 1. The molecule has 0 radical (unpaired) electrons. The highest BCUT2D eigenvalue weighted by Crippen LogP contribution is 2.42. The van der Waals surface area contributed by atoms with Crippen LogP contribution >= 0.6 is 34.0 Å². The van der Waals surface area contributed by atoms with Crippen LogP contribution in [0.25, 0.3) is 31.3 Å². The normalized spacial score (nSPS) is 13.1. The van der Waals surface area contributed by atoms with Gasteiger partial charge in [-0.25, -0.2) is 4.39 Å². The van der Waals surface area contributed by atoms with Gasteiger partial charge in [0.1, 0.15) is 17.3 Å². The number of ketones is 2. The van der Waals surface area contributed by atoms with Crippen LogP contribution in [-0.4, -0.2) is 39.7 Å². The Labute approximate surface area is 421 Å². The number of benzene rings is 5. The van der Waals surface area contributed by atoms with Gasteiger partial charge in [0, 0.05) is 43.0 Å². The van der Waals surface area contributed by atoms with Crippen molar-refractivity contribution in [1.29, 1.82) is 0 Å². The number of hydrogen-bond donors (Lipinski definition) is 2. The Morgan fingerprint density at radius 3 is 1.93 bits per heavy atom. The molecule has 9 nitrogen and oxygen atoms in total. The van der Waals surface area contributed by atoms with Crippen LogP contribution < -0.4 is 9.47 Å². The van der Waals surface area contributed by atoms with Crippen molar-refractivity contribution in [2.75, 3.05) is 0 Å². The summed E-state index contributed by atoms with van der Waals surface area (Å²) in [5.41, 5.74) is 4.82. The quantitative estimate of drug-likeness (QED) is 0.0487. The number of aliphatic hydroxyl groups excluding tert-OH is 1. The van der Waals surface area contributed by atoms with Crippen molar-refractivity contribution in [3.8, 4) is 42.8 Å². The summed E-state index contributed by atoms with van der Waals surface area (Å²) in [7, 11) is 0. The number of carboxylic acid groups (broad SMARTS) is 1. The third-order valence-corrected chi connectivity index (χ3v) is 16.1. The number of esters is 2. The first-order valence-electron chi connectivity index (χ1n) is 23.3. The van der Waals surface area contributed by atoms with E-state index in [1.165, 1.54) is 46.1 Å². The predicted molar refractivity (Wildman–Crippen MR) is 275 cm³/mol. The lowest BCUT2D eigenvalue weighted by molar-refractivity contribution is -0.136. The van der Waals surface area contributed by atoms with Gasteiger partial charge in [-0.1, -0.05) is 116 Å². The molecule has 2 N–H and O–H groups in total. The summed E-state index contributed by atoms with van der Waals surface area (Å²) < 4.78 is 25.6. The van der Waals surface area contributed by atoms with Crippen LogP contribution in [0.5, 0.6) is 11.5 Å². The number of carbonyl (C=O) groups excluding carboxylic acids is 4. The van der Waals surface area contributed by atoms with E-state index in [2.05, 4.69) is 0 Å². The molecule has 0 amide bonds. The maximum absolute atomic E-state index is 14.1. The Balaban J connectivity index is 0.972. The monoisotopic (exact) mass is 1000 g/mol. The van der Waals surface area contributed by atoms with Crippen LogP contribution in [0.1, 0.15) is 90.2 Å². The van der Waals surface area contributed by atoms with E-state index in [1.54, 1.807) is 97.1 Å². The number of carboxylic acids is 1. The van der Waals surface area contributed by atoms with E-state index in [-0.39, 0.29) is 60.5 Å². The summed E-state index contributed by atoms with van der Waals surface area (Å²) in [5.74, 6) is -2.50. The molecule has 9 rings (SSSR count). The molecule has 1 aliphatic rings. The molecule has 3 aromatic heterocycles. The molecule has 358 valence electrons. The van der Waals surface area contributed by atoms with Crippen LogP contribution in [0.2, 0.25) is 0 Å². The first-order valence-corrected chi connectivity index (χ1v) is 25.7. The predicted octanol–water partition coefficient (Wildman–Crippen LogP) is 13.2. The van der Waals surface area contributed by atoms with E-state index in [0.717, 1.165) is 48.1 Å². The average molecular weight is 1000 g/mol. The molecular weight excluding hydrogens is 956 g/mol. The maximum Gasteiger partial charge on any atom is 0.315 e. The highest BCUT2D eigenvalue weighted by molar-refractivity contribution is 7.18. The number of ether oxygens (including phenoxy) is 2. The highest BCUT2D eigenvalue weighted by atomic mass is 32.1. The largest absolute Gasteiger partial charge is 0.481 e. The van der Waals surface area contributed by atoms with E-state index in [9.17, 15) is 38.6 Å². The minimum atomic E-state index is -1.05. The van der Waals surface area contributed by atoms with Gasteiger partial charge in [-0.05, 0) is 101 Å². The Kier molecular flexibility index (Phi) is 15.3. The minimum absolute atomic E-state index is 0.0111. The van der Waals surface area contributed by atoms with E-state index in [1.807, 2.05) is 42.5 Å². The Hall–Kier alpha value is -7.16. The number of aliphatic carboxylic acids is 1. The van der Waals surface area contributed by atoms with Gasteiger partial charge in [0.2, 0.25) is 5.78 Å². The third kappa shape index (κ3) is 11.9. The lowest BCUT2D eigenvalue weighted by atomic mass is 9.85. The molecule has 0 saturated heterocycles. The van der Waals surface area contributed by atoms with Gasteiger partial charge in [0.25, 0.3) is 0 Å². The van der Waals surface area contributed by atoms with Gasteiger partial charge < -0.3 is 19.7 Å². The number of rotatable bonds is 18. The Morgan fingerprint density at radius 1 is 0.592 bits per heavy atom. The van der Waals surface area contributed by atoms with Crippen molar-refractivity contribution < 1.29 is 48.0 Å². The van der Waals surface area contributed by atoms with Gasteiger partial charge in [-0.15, -0.1) is 34.0 Å². The molecule has 1 saturated carbocycles. The molecule has 5 aromatic carbocycles. The van der Waals surface area contributed by atoms with Gasteiger partial charge in [-0.3, -0.25) is 24.0 Å². The topological polar surface area (TPSA) is 144 Å². The Morgan fingerprint density at radius 2 is 1.20 bits per heavy atom. The van der Waals surface area contributed by atoms with Crippen LogP contribution in [0.15, 0.2) is 152 Å². The molecule has 0 spiro atoms. The van der Waals surface area contributed by atoms with Gasteiger partial charge in [0.15, 0.2) is 5.78 Å². The lowest BCUT2D eigenvalue weighted by Crippen LogP contribution is -2.16. The van der Waals surface area contributed by atoms with Crippen LogP contribution in [0, 0.1) is 11.7 Å². The average Bonchev–Trinajstić information content (AvgIpc) is 4.12. The van der Waals surface area contributed by atoms with Crippen LogP contribution in [-0.2, 0) is 40.1 Å². The summed E-state index contributed by atoms with van der Waals surface area (Å²) in [4.78, 5) is 70.9. The van der Waals surface area contributed by atoms with Crippen molar-refractivity contribution in [3.63, 3.8) is 0 Å². The molecule has 0 aliphatic heterocycles. The molecule has 0 bridgehead atoms. The summed E-state index contributed by atoms with van der Waals surface area (Å²) >= 11 is 3.80. The zero-order valence-corrected chi connectivity index (χ0v) is 40.8. The summed E-state index contributed by atoms with van der Waals surface area (Å²) in [5, 5.41) is 21.1. The second-order valence-electron chi connectivity index (χ2n) is 17.4. The van der Waals surface area contributed by atoms with Crippen molar-refractivity contribution in [2.24, 2.45) is 5.92 Å². The fraction of sp³-hybridized carbons (Fsp3) is 0.190. The number of carbonyl (C=O) groups is 5. The summed E-state index contributed by atoms with van der Waals surface area (Å²) in [6.07, 6.45) is 3.34. The molecule has 1 aliphatic carbocycles. The molecular formula is C58H47FO9S3. The third-order valence-electron chi connectivity index (χ3n) is 12.3. The first-order chi connectivity index (χ1) is 34.4. The summed E-state index contributed by atoms with van der Waals surface area (Å²) in [6.45, 7) is 0. The van der Waals surface area contributed by atoms with E-state index < -0.39 is 24.0 Å². The van der Waals surface area contributed by atoms with Crippen LogP contribution in [0.4, 0.5) is 4.39 Å². The number of hydrogen-bond acceptors (Lipinski definition) is 11. The van der Waals surface area contributed by atoms with Crippen molar-refractivity contribution in [1.82, 2.24) is 0 Å². The fourth-order valence-corrected chi connectivity index (χ4v) is 12.4. The highest BCUT2D eigenvalue weighted by Gasteiger charge is 2.28. The molecule has 13 heteroatoms.